The summed E-state index contributed by atoms with van der Waals surface area (Å²) >= 11 is 0. The zero-order chi connectivity index (χ0) is 8.32. The molecule has 0 atom stereocenters. The molecule has 1 saturated heterocycles. The Morgan fingerprint density at radius 1 is 1.36 bits per heavy atom. The molecule has 3 heteroatoms. The largest absolute Gasteiger partial charge is 0.449 e. The van der Waals surface area contributed by atoms with Gasteiger partial charge in [-0.15, -0.1) is 0 Å². The molecule has 0 bridgehead atoms. The molecule has 2 rings (SSSR count). The van der Waals surface area contributed by atoms with E-state index in [0.717, 1.165) is 19.3 Å². The maximum atomic E-state index is 10.6. The monoisotopic (exact) mass is 157 g/mol. The summed E-state index contributed by atoms with van der Waals surface area (Å²) in [5.74, 6) is 0. The van der Waals surface area contributed by atoms with Crippen molar-refractivity contribution in [2.24, 2.45) is 0 Å². The minimum absolute atomic E-state index is 0.176. The van der Waals surface area contributed by atoms with Crippen LogP contribution in [0.2, 0.25) is 0 Å². The Kier molecular flexibility index (Phi) is 2.37. The van der Waals surface area contributed by atoms with Crippen molar-refractivity contribution in [1.82, 2.24) is 5.32 Å². The van der Waals surface area contributed by atoms with Crippen LogP contribution in [0.15, 0.2) is 0 Å². The van der Waals surface area contributed by atoms with Gasteiger partial charge in [0, 0.05) is 12.0 Å². The minimum atomic E-state index is -0.237. The summed E-state index contributed by atoms with van der Waals surface area (Å²) in [7, 11) is 0. The predicted octanol–water partition coefficient (Wildman–Crippen LogP) is 1.68. The van der Waals surface area contributed by atoms with Crippen molar-refractivity contribution in [3.8, 4) is 0 Å². The molecule has 0 unspecified atom stereocenters. The van der Waals surface area contributed by atoms with E-state index in [2.05, 4.69) is 5.32 Å². The molecule has 1 amide bonds. The first-order valence-corrected chi connectivity index (χ1v) is 4.26. The van der Waals surface area contributed by atoms with Gasteiger partial charge in [0.05, 0.1) is 6.61 Å². The number of hydrogen-bond acceptors (Lipinski definition) is 2. The Morgan fingerprint density at radius 2 is 2.00 bits per heavy atom. The SMILES string of the molecule is CC.O=C1NC2(CCO1)CC2. The summed E-state index contributed by atoms with van der Waals surface area (Å²) in [6, 6.07) is 0. The lowest BCUT2D eigenvalue weighted by atomic mass is 10.2. The number of nitrogens with one attached hydrogen (secondary N) is 1. The molecule has 11 heavy (non-hydrogen) atoms. The smallest absolute Gasteiger partial charge is 0.407 e. The fraction of sp³-hybridized carbons (Fsp3) is 0.875. The van der Waals surface area contributed by atoms with Crippen LogP contribution in [-0.2, 0) is 4.74 Å². The van der Waals surface area contributed by atoms with Crippen molar-refractivity contribution < 1.29 is 9.53 Å². The van der Waals surface area contributed by atoms with Gasteiger partial charge in [-0.25, -0.2) is 4.79 Å². The Balaban J connectivity index is 0.000000281. The van der Waals surface area contributed by atoms with Crippen molar-refractivity contribution in [1.29, 1.82) is 0 Å². The van der Waals surface area contributed by atoms with Gasteiger partial charge in [-0.1, -0.05) is 13.8 Å². The highest BCUT2D eigenvalue weighted by molar-refractivity contribution is 5.69. The third kappa shape index (κ3) is 1.85. The molecule has 1 N–H and O–H groups in total. The summed E-state index contributed by atoms with van der Waals surface area (Å²) in [5, 5.41) is 2.81. The van der Waals surface area contributed by atoms with Gasteiger partial charge in [0.15, 0.2) is 0 Å². The number of alkyl carbamates (subject to hydrolysis) is 1. The van der Waals surface area contributed by atoms with Gasteiger partial charge in [0.1, 0.15) is 0 Å². The van der Waals surface area contributed by atoms with Crippen LogP contribution < -0.4 is 5.32 Å². The number of amides is 1. The third-order valence-corrected chi connectivity index (χ3v) is 2.03. The van der Waals surface area contributed by atoms with Crippen LogP contribution in [0.4, 0.5) is 4.79 Å². The van der Waals surface area contributed by atoms with Gasteiger partial charge in [-0.05, 0) is 12.8 Å². The van der Waals surface area contributed by atoms with Crippen LogP contribution in [0.5, 0.6) is 0 Å². The molecule has 0 aromatic carbocycles. The number of cyclic esters (lactones) is 1. The van der Waals surface area contributed by atoms with E-state index in [1.807, 2.05) is 13.8 Å². The van der Waals surface area contributed by atoms with Gasteiger partial charge in [-0.2, -0.15) is 0 Å². The van der Waals surface area contributed by atoms with Gasteiger partial charge < -0.3 is 10.1 Å². The second kappa shape index (κ2) is 3.11. The highest BCUT2D eigenvalue weighted by Gasteiger charge is 2.46. The maximum absolute atomic E-state index is 10.6. The van der Waals surface area contributed by atoms with Crippen LogP contribution in [0.1, 0.15) is 33.1 Å². The van der Waals surface area contributed by atoms with Crippen LogP contribution in [0.3, 0.4) is 0 Å². The summed E-state index contributed by atoms with van der Waals surface area (Å²) < 4.78 is 4.70. The average Bonchev–Trinajstić information content (AvgIpc) is 2.73. The predicted molar refractivity (Wildman–Crippen MR) is 42.4 cm³/mol. The molecule has 1 saturated carbocycles. The highest BCUT2D eigenvalue weighted by atomic mass is 16.6. The number of carbonyl (C=O) groups excluding carboxylic acids is 1. The summed E-state index contributed by atoms with van der Waals surface area (Å²) in [5.41, 5.74) is 0.176. The van der Waals surface area contributed by atoms with E-state index in [1.165, 1.54) is 0 Å². The van der Waals surface area contributed by atoms with E-state index in [0.29, 0.717) is 6.61 Å². The molecule has 2 fully saturated rings. The lowest BCUT2D eigenvalue weighted by Crippen LogP contribution is -2.42. The van der Waals surface area contributed by atoms with Crippen molar-refractivity contribution in [2.45, 2.75) is 38.6 Å². The summed E-state index contributed by atoms with van der Waals surface area (Å²) in [6.45, 7) is 4.60. The first kappa shape index (κ1) is 8.37. The Labute approximate surface area is 67.1 Å². The van der Waals surface area contributed by atoms with Crippen molar-refractivity contribution in [3.63, 3.8) is 0 Å². The average molecular weight is 157 g/mol. The summed E-state index contributed by atoms with van der Waals surface area (Å²) in [4.78, 5) is 10.6. The van der Waals surface area contributed by atoms with Crippen molar-refractivity contribution >= 4 is 6.09 Å². The Bertz CT molecular complexity index is 152. The number of hydrogen-bond donors (Lipinski definition) is 1. The third-order valence-electron chi connectivity index (χ3n) is 2.03. The molecule has 3 nitrogen and oxygen atoms in total. The molecule has 64 valence electrons. The second-order valence-corrected chi connectivity index (χ2v) is 2.79. The standard InChI is InChI=1S/C6H9NO2.C2H6/c8-5-7-6(1-2-6)3-4-9-5;1-2/h1-4H2,(H,7,8);1-2H3. The molecule has 2 aliphatic rings. The van der Waals surface area contributed by atoms with Gasteiger partial charge in [0.2, 0.25) is 0 Å². The quantitative estimate of drug-likeness (QED) is 0.581. The maximum Gasteiger partial charge on any atom is 0.407 e. The topological polar surface area (TPSA) is 38.3 Å². The Hall–Kier alpha value is -0.730. The normalized spacial score (nSPS) is 24.4. The number of carbonyl (C=O) groups is 1. The minimum Gasteiger partial charge on any atom is -0.449 e. The van der Waals surface area contributed by atoms with Crippen LogP contribution >= 0.6 is 0 Å². The lowest BCUT2D eigenvalue weighted by molar-refractivity contribution is 0.111. The van der Waals surface area contributed by atoms with Gasteiger partial charge in [0.25, 0.3) is 0 Å². The van der Waals surface area contributed by atoms with E-state index in [9.17, 15) is 4.79 Å². The molecule has 1 heterocycles. The van der Waals surface area contributed by atoms with E-state index in [1.54, 1.807) is 0 Å². The van der Waals surface area contributed by atoms with E-state index in [-0.39, 0.29) is 11.6 Å². The highest BCUT2D eigenvalue weighted by Crippen LogP contribution is 2.40. The van der Waals surface area contributed by atoms with Crippen molar-refractivity contribution in [3.05, 3.63) is 0 Å². The molecule has 1 spiro atoms. The Morgan fingerprint density at radius 3 is 2.36 bits per heavy atom. The fourth-order valence-corrected chi connectivity index (χ4v) is 1.18. The molecule has 0 aromatic rings. The lowest BCUT2D eigenvalue weighted by Gasteiger charge is -2.22. The molecular formula is C8H15NO2. The van der Waals surface area contributed by atoms with E-state index >= 15 is 0 Å². The fourth-order valence-electron chi connectivity index (χ4n) is 1.18. The van der Waals surface area contributed by atoms with Gasteiger partial charge in [-0.3, -0.25) is 0 Å². The van der Waals surface area contributed by atoms with Gasteiger partial charge >= 0.3 is 6.09 Å². The van der Waals surface area contributed by atoms with Crippen LogP contribution in [0.25, 0.3) is 0 Å². The molecule has 1 aliphatic heterocycles. The number of rotatable bonds is 0. The number of ether oxygens (including phenoxy) is 1. The zero-order valence-electron chi connectivity index (χ0n) is 7.14. The molecule has 1 aliphatic carbocycles. The molecule has 0 radical (unpaired) electrons. The zero-order valence-corrected chi connectivity index (χ0v) is 7.14. The molecular weight excluding hydrogens is 142 g/mol. The van der Waals surface area contributed by atoms with Crippen molar-refractivity contribution in [2.75, 3.05) is 6.61 Å². The van der Waals surface area contributed by atoms with E-state index in [4.69, 9.17) is 4.74 Å². The second-order valence-electron chi connectivity index (χ2n) is 2.79. The van der Waals surface area contributed by atoms with Crippen LogP contribution in [-0.4, -0.2) is 18.2 Å². The van der Waals surface area contributed by atoms with Crippen LogP contribution in [0, 0.1) is 0 Å². The molecule has 0 aromatic heterocycles. The first-order chi connectivity index (χ1) is 5.31. The first-order valence-electron chi connectivity index (χ1n) is 4.26. The van der Waals surface area contributed by atoms with E-state index < -0.39 is 0 Å². The summed E-state index contributed by atoms with van der Waals surface area (Å²) in [6.07, 6.45) is 3.04.